The highest BCUT2D eigenvalue weighted by Gasteiger charge is 2.15. The average Bonchev–Trinajstić information content (AvgIpc) is 2.34. The van der Waals surface area contributed by atoms with E-state index in [4.69, 9.17) is 11.6 Å². The topological polar surface area (TPSA) is 41.1 Å². The smallest absolute Gasteiger partial charge is 0.242 e. The molecule has 1 aromatic carbocycles. The summed E-state index contributed by atoms with van der Waals surface area (Å²) in [6.45, 7) is 5.80. The fourth-order valence-electron chi connectivity index (χ4n) is 1.77. The van der Waals surface area contributed by atoms with Gasteiger partial charge in [0.15, 0.2) is 0 Å². The minimum Gasteiger partial charge on any atom is -0.374 e. The van der Waals surface area contributed by atoms with Crippen molar-refractivity contribution in [3.05, 3.63) is 29.0 Å². The highest BCUT2D eigenvalue weighted by Crippen LogP contribution is 2.19. The van der Waals surface area contributed by atoms with Crippen LogP contribution < -0.4 is 10.6 Å². The summed E-state index contributed by atoms with van der Waals surface area (Å²) in [7, 11) is 0. The van der Waals surface area contributed by atoms with E-state index in [-0.39, 0.29) is 17.0 Å². The van der Waals surface area contributed by atoms with Gasteiger partial charge in [-0.1, -0.05) is 24.9 Å². The van der Waals surface area contributed by atoms with Gasteiger partial charge in [-0.15, -0.1) is 0 Å². The second-order valence-electron chi connectivity index (χ2n) is 4.69. The van der Waals surface area contributed by atoms with Crippen LogP contribution >= 0.6 is 11.6 Å². The normalized spacial score (nSPS) is 13.7. The lowest BCUT2D eigenvalue weighted by Crippen LogP contribution is -2.42. The second-order valence-corrected chi connectivity index (χ2v) is 5.10. The lowest BCUT2D eigenvalue weighted by Gasteiger charge is -2.19. The summed E-state index contributed by atoms with van der Waals surface area (Å²) in [6, 6.07) is 4.05. The first kappa shape index (κ1) is 15.8. The number of amides is 1. The molecule has 106 valence electrons. The molecule has 0 saturated heterocycles. The van der Waals surface area contributed by atoms with Gasteiger partial charge in [0.05, 0.1) is 5.02 Å². The second kappa shape index (κ2) is 7.34. The van der Waals surface area contributed by atoms with Gasteiger partial charge >= 0.3 is 0 Å². The molecule has 2 atom stereocenters. The van der Waals surface area contributed by atoms with Crippen LogP contribution in [0.15, 0.2) is 18.2 Å². The highest BCUT2D eigenvalue weighted by atomic mass is 35.5. The van der Waals surface area contributed by atoms with Gasteiger partial charge in [0.2, 0.25) is 5.91 Å². The zero-order valence-electron chi connectivity index (χ0n) is 11.5. The van der Waals surface area contributed by atoms with Crippen molar-refractivity contribution < 1.29 is 9.18 Å². The van der Waals surface area contributed by atoms with Gasteiger partial charge in [-0.2, -0.15) is 0 Å². The molecule has 1 rings (SSSR count). The number of hydrogen-bond donors (Lipinski definition) is 2. The van der Waals surface area contributed by atoms with Gasteiger partial charge in [-0.25, -0.2) is 4.39 Å². The Morgan fingerprint density at radius 2 is 2.11 bits per heavy atom. The van der Waals surface area contributed by atoms with Crippen LogP contribution in [0.2, 0.25) is 5.02 Å². The first-order chi connectivity index (χ1) is 8.93. The molecule has 2 unspecified atom stereocenters. The quantitative estimate of drug-likeness (QED) is 0.839. The van der Waals surface area contributed by atoms with Crippen LogP contribution in [0.1, 0.15) is 33.6 Å². The molecule has 0 bridgehead atoms. The summed E-state index contributed by atoms with van der Waals surface area (Å²) in [5, 5.41) is 5.95. The number of benzene rings is 1. The molecule has 1 aromatic rings. The Balaban J connectivity index is 2.56. The minimum absolute atomic E-state index is 0.0389. The summed E-state index contributed by atoms with van der Waals surface area (Å²) in [5.74, 6) is -0.553. The summed E-state index contributed by atoms with van der Waals surface area (Å²) >= 11 is 5.69. The zero-order valence-corrected chi connectivity index (χ0v) is 12.2. The van der Waals surface area contributed by atoms with E-state index in [1.54, 1.807) is 13.0 Å². The maximum atomic E-state index is 13.0. The molecule has 1 amide bonds. The van der Waals surface area contributed by atoms with Crippen LogP contribution in [0.3, 0.4) is 0 Å². The molecule has 0 aliphatic heterocycles. The SMILES string of the molecule is CCCC(C)NC(=O)C(C)Nc1ccc(F)c(Cl)c1. The van der Waals surface area contributed by atoms with E-state index in [1.807, 2.05) is 6.92 Å². The van der Waals surface area contributed by atoms with Gasteiger partial charge in [0, 0.05) is 11.7 Å². The Bertz CT molecular complexity index is 439. The Hall–Kier alpha value is -1.29. The predicted molar refractivity (Wildman–Crippen MR) is 77.0 cm³/mol. The molecule has 0 saturated carbocycles. The average molecular weight is 287 g/mol. The van der Waals surface area contributed by atoms with Crippen LogP contribution in [0.4, 0.5) is 10.1 Å². The largest absolute Gasteiger partial charge is 0.374 e. The fraction of sp³-hybridized carbons (Fsp3) is 0.500. The third-order valence-electron chi connectivity index (χ3n) is 2.81. The van der Waals surface area contributed by atoms with Crippen molar-refractivity contribution in [2.75, 3.05) is 5.32 Å². The van der Waals surface area contributed by atoms with Crippen LogP contribution in [0, 0.1) is 5.82 Å². The zero-order chi connectivity index (χ0) is 14.4. The Morgan fingerprint density at radius 1 is 1.42 bits per heavy atom. The third-order valence-corrected chi connectivity index (χ3v) is 3.10. The van der Waals surface area contributed by atoms with E-state index in [9.17, 15) is 9.18 Å². The maximum Gasteiger partial charge on any atom is 0.242 e. The molecular weight excluding hydrogens is 267 g/mol. The lowest BCUT2D eigenvalue weighted by atomic mass is 10.2. The molecule has 2 N–H and O–H groups in total. The first-order valence-electron chi connectivity index (χ1n) is 6.46. The summed E-state index contributed by atoms with van der Waals surface area (Å²) < 4.78 is 13.0. The van der Waals surface area contributed by atoms with Gasteiger partial charge in [-0.05, 0) is 38.5 Å². The van der Waals surface area contributed by atoms with Crippen LogP contribution in [-0.2, 0) is 4.79 Å². The van der Waals surface area contributed by atoms with Crippen molar-refractivity contribution in [1.29, 1.82) is 0 Å². The van der Waals surface area contributed by atoms with Crippen LogP contribution in [-0.4, -0.2) is 18.0 Å². The number of anilines is 1. The van der Waals surface area contributed by atoms with E-state index >= 15 is 0 Å². The van der Waals surface area contributed by atoms with Crippen molar-refractivity contribution in [1.82, 2.24) is 5.32 Å². The van der Waals surface area contributed by atoms with Gasteiger partial charge < -0.3 is 10.6 Å². The van der Waals surface area contributed by atoms with Crippen molar-refractivity contribution in [2.45, 2.75) is 45.7 Å². The standard InChI is InChI=1S/C14H20ClFN2O/c1-4-5-9(2)17-14(19)10(3)18-11-6-7-13(16)12(15)8-11/h6-10,18H,4-5H2,1-3H3,(H,17,19). The third kappa shape index (κ3) is 5.07. The maximum absolute atomic E-state index is 13.0. The summed E-state index contributed by atoms with van der Waals surface area (Å²) in [4.78, 5) is 11.9. The summed E-state index contributed by atoms with van der Waals surface area (Å²) in [5.41, 5.74) is 0.622. The van der Waals surface area contributed by atoms with Crippen molar-refractivity contribution in [3.63, 3.8) is 0 Å². The Morgan fingerprint density at radius 3 is 2.68 bits per heavy atom. The number of carbonyl (C=O) groups excluding carboxylic acids is 1. The van der Waals surface area contributed by atoms with E-state index in [0.717, 1.165) is 12.8 Å². The predicted octanol–water partition coefficient (Wildman–Crippen LogP) is 3.58. The van der Waals surface area contributed by atoms with E-state index < -0.39 is 11.9 Å². The van der Waals surface area contributed by atoms with Crippen molar-refractivity contribution in [2.24, 2.45) is 0 Å². The Labute approximate surface area is 118 Å². The summed E-state index contributed by atoms with van der Waals surface area (Å²) in [6.07, 6.45) is 1.97. The molecule has 0 spiro atoms. The number of halogens is 2. The number of rotatable bonds is 6. The van der Waals surface area contributed by atoms with Crippen LogP contribution in [0.5, 0.6) is 0 Å². The lowest BCUT2D eigenvalue weighted by molar-refractivity contribution is -0.122. The highest BCUT2D eigenvalue weighted by molar-refractivity contribution is 6.31. The Kier molecular flexibility index (Phi) is 6.09. The number of hydrogen-bond acceptors (Lipinski definition) is 2. The molecule has 0 fully saturated rings. The molecule has 0 heterocycles. The van der Waals surface area contributed by atoms with Gasteiger partial charge in [-0.3, -0.25) is 4.79 Å². The molecule has 0 aromatic heterocycles. The van der Waals surface area contributed by atoms with Gasteiger partial charge in [0.25, 0.3) is 0 Å². The first-order valence-corrected chi connectivity index (χ1v) is 6.83. The molecule has 3 nitrogen and oxygen atoms in total. The molecule has 5 heteroatoms. The molecule has 0 radical (unpaired) electrons. The number of nitrogens with one attached hydrogen (secondary N) is 2. The molecule has 19 heavy (non-hydrogen) atoms. The molecule has 0 aliphatic carbocycles. The van der Waals surface area contributed by atoms with E-state index in [0.29, 0.717) is 5.69 Å². The van der Waals surface area contributed by atoms with Crippen molar-refractivity contribution in [3.8, 4) is 0 Å². The van der Waals surface area contributed by atoms with E-state index in [1.165, 1.54) is 12.1 Å². The monoisotopic (exact) mass is 286 g/mol. The van der Waals surface area contributed by atoms with Crippen molar-refractivity contribution >= 4 is 23.2 Å². The van der Waals surface area contributed by atoms with E-state index in [2.05, 4.69) is 17.6 Å². The van der Waals surface area contributed by atoms with Gasteiger partial charge in [0.1, 0.15) is 11.9 Å². The van der Waals surface area contributed by atoms with Crippen LogP contribution in [0.25, 0.3) is 0 Å². The molecule has 0 aliphatic rings. The molecular formula is C14H20ClFN2O. The fourth-order valence-corrected chi connectivity index (χ4v) is 1.96. The number of carbonyl (C=O) groups is 1. The minimum atomic E-state index is -0.471.